The van der Waals surface area contributed by atoms with Gasteiger partial charge in [0, 0.05) is 12.6 Å². The molecule has 4 N–H and O–H groups in total. The number of alkyl halides is 3. The van der Waals surface area contributed by atoms with E-state index in [9.17, 15) is 13.2 Å². The fourth-order valence-electron chi connectivity index (χ4n) is 1.25. The SMILES string of the molecule is COc1cc([C@H](N)CN)cc(C(F)(F)F)c1.Cl. The monoisotopic (exact) mass is 270 g/mol. The van der Waals surface area contributed by atoms with Gasteiger partial charge in [0.25, 0.3) is 0 Å². The van der Waals surface area contributed by atoms with Crippen LogP contribution >= 0.6 is 12.4 Å². The summed E-state index contributed by atoms with van der Waals surface area (Å²) in [4.78, 5) is 0. The molecule has 0 aliphatic rings. The largest absolute Gasteiger partial charge is 0.497 e. The molecule has 1 rings (SSSR count). The van der Waals surface area contributed by atoms with Crippen LogP contribution in [-0.2, 0) is 6.18 Å². The van der Waals surface area contributed by atoms with Gasteiger partial charge in [0.1, 0.15) is 5.75 Å². The topological polar surface area (TPSA) is 61.3 Å². The molecule has 0 aliphatic heterocycles. The van der Waals surface area contributed by atoms with Crippen LogP contribution in [0.2, 0.25) is 0 Å². The number of nitrogens with two attached hydrogens (primary N) is 2. The van der Waals surface area contributed by atoms with Crippen molar-refractivity contribution in [2.45, 2.75) is 12.2 Å². The molecule has 0 aliphatic carbocycles. The van der Waals surface area contributed by atoms with E-state index >= 15 is 0 Å². The van der Waals surface area contributed by atoms with Gasteiger partial charge in [-0.05, 0) is 23.8 Å². The first-order valence-corrected chi connectivity index (χ1v) is 4.60. The van der Waals surface area contributed by atoms with E-state index < -0.39 is 17.8 Å². The second-order valence-electron chi connectivity index (χ2n) is 3.33. The second kappa shape index (κ2) is 6.09. The average molecular weight is 271 g/mol. The van der Waals surface area contributed by atoms with E-state index in [1.165, 1.54) is 13.2 Å². The Kier molecular flexibility index (Phi) is 5.74. The van der Waals surface area contributed by atoms with E-state index in [1.54, 1.807) is 0 Å². The first-order chi connectivity index (χ1) is 7.38. The van der Waals surface area contributed by atoms with Crippen LogP contribution in [-0.4, -0.2) is 13.7 Å². The molecular weight excluding hydrogens is 257 g/mol. The number of ether oxygens (including phenoxy) is 1. The van der Waals surface area contributed by atoms with Crippen LogP contribution in [0.3, 0.4) is 0 Å². The maximum Gasteiger partial charge on any atom is 0.416 e. The lowest BCUT2D eigenvalue weighted by Gasteiger charge is -2.14. The molecule has 0 radical (unpaired) electrons. The van der Waals surface area contributed by atoms with Crippen LogP contribution in [0.5, 0.6) is 5.75 Å². The summed E-state index contributed by atoms with van der Waals surface area (Å²) in [7, 11) is 1.30. The van der Waals surface area contributed by atoms with Gasteiger partial charge in [-0.1, -0.05) is 0 Å². The van der Waals surface area contributed by atoms with Crippen LogP contribution in [0.25, 0.3) is 0 Å². The van der Waals surface area contributed by atoms with Crippen molar-refractivity contribution in [3.05, 3.63) is 29.3 Å². The van der Waals surface area contributed by atoms with E-state index in [0.29, 0.717) is 5.56 Å². The molecule has 0 amide bonds. The van der Waals surface area contributed by atoms with Crippen LogP contribution in [0.1, 0.15) is 17.2 Å². The third-order valence-corrected chi connectivity index (χ3v) is 2.17. The van der Waals surface area contributed by atoms with E-state index in [2.05, 4.69) is 0 Å². The fraction of sp³-hybridized carbons (Fsp3) is 0.400. The number of halogens is 4. The van der Waals surface area contributed by atoms with Gasteiger partial charge < -0.3 is 16.2 Å². The van der Waals surface area contributed by atoms with Gasteiger partial charge in [-0.3, -0.25) is 0 Å². The Balaban J connectivity index is 0.00000256. The number of rotatable bonds is 3. The van der Waals surface area contributed by atoms with Gasteiger partial charge in [0.2, 0.25) is 0 Å². The van der Waals surface area contributed by atoms with Gasteiger partial charge in [-0.25, -0.2) is 0 Å². The zero-order valence-electron chi connectivity index (χ0n) is 9.12. The molecule has 3 nitrogen and oxygen atoms in total. The molecule has 0 fully saturated rings. The number of benzene rings is 1. The first-order valence-electron chi connectivity index (χ1n) is 4.60. The number of methoxy groups -OCH3 is 1. The lowest BCUT2D eigenvalue weighted by atomic mass is 10.0. The molecule has 0 saturated heterocycles. The fourth-order valence-corrected chi connectivity index (χ4v) is 1.25. The minimum Gasteiger partial charge on any atom is -0.497 e. The molecule has 0 saturated carbocycles. The summed E-state index contributed by atoms with van der Waals surface area (Å²) in [5.74, 6) is 0.119. The lowest BCUT2D eigenvalue weighted by molar-refractivity contribution is -0.137. The highest BCUT2D eigenvalue weighted by Gasteiger charge is 2.31. The molecule has 7 heteroatoms. The van der Waals surface area contributed by atoms with Gasteiger partial charge in [-0.15, -0.1) is 12.4 Å². The minimum atomic E-state index is -4.42. The summed E-state index contributed by atoms with van der Waals surface area (Å²) in [5, 5.41) is 0. The van der Waals surface area contributed by atoms with Crippen molar-refractivity contribution >= 4 is 12.4 Å². The van der Waals surface area contributed by atoms with Crippen LogP contribution in [0, 0.1) is 0 Å². The highest BCUT2D eigenvalue weighted by Crippen LogP contribution is 2.33. The molecule has 0 heterocycles. The summed E-state index contributed by atoms with van der Waals surface area (Å²) in [6.07, 6.45) is -4.42. The number of hydrogen-bond donors (Lipinski definition) is 2. The summed E-state index contributed by atoms with van der Waals surface area (Å²) in [5.41, 5.74) is 10.4. The quantitative estimate of drug-likeness (QED) is 0.884. The van der Waals surface area contributed by atoms with E-state index in [4.69, 9.17) is 16.2 Å². The zero-order valence-corrected chi connectivity index (χ0v) is 9.94. The maximum atomic E-state index is 12.5. The smallest absolute Gasteiger partial charge is 0.416 e. The molecule has 1 aromatic carbocycles. The van der Waals surface area contributed by atoms with Crippen molar-refractivity contribution in [1.29, 1.82) is 0 Å². The van der Waals surface area contributed by atoms with Crippen molar-refractivity contribution in [3.63, 3.8) is 0 Å². The van der Waals surface area contributed by atoms with Gasteiger partial charge in [0.15, 0.2) is 0 Å². The Hall–Kier alpha value is -0.980. The average Bonchev–Trinajstić information content (AvgIpc) is 2.26. The highest BCUT2D eigenvalue weighted by molar-refractivity contribution is 5.85. The summed E-state index contributed by atoms with van der Waals surface area (Å²) < 4.78 is 42.4. The predicted octanol–water partition coefficient (Wildman–Crippen LogP) is 2.09. The van der Waals surface area contributed by atoms with Crippen molar-refractivity contribution < 1.29 is 17.9 Å². The number of hydrogen-bond acceptors (Lipinski definition) is 3. The highest BCUT2D eigenvalue weighted by atomic mass is 35.5. The Morgan fingerprint density at radius 1 is 1.29 bits per heavy atom. The van der Waals surface area contributed by atoms with Crippen LogP contribution < -0.4 is 16.2 Å². The summed E-state index contributed by atoms with van der Waals surface area (Å²) in [6, 6.07) is 2.73. The Morgan fingerprint density at radius 3 is 2.29 bits per heavy atom. The predicted molar refractivity (Wildman–Crippen MR) is 61.2 cm³/mol. The maximum absolute atomic E-state index is 12.5. The second-order valence-corrected chi connectivity index (χ2v) is 3.33. The van der Waals surface area contributed by atoms with E-state index in [1.807, 2.05) is 0 Å². The molecule has 17 heavy (non-hydrogen) atoms. The summed E-state index contributed by atoms with van der Waals surface area (Å²) in [6.45, 7) is 0.0739. The molecule has 98 valence electrons. The Morgan fingerprint density at radius 2 is 1.88 bits per heavy atom. The third kappa shape index (κ3) is 4.07. The Bertz CT molecular complexity index is 371. The van der Waals surface area contributed by atoms with Crippen LogP contribution in [0.15, 0.2) is 18.2 Å². The van der Waals surface area contributed by atoms with E-state index in [-0.39, 0.29) is 24.7 Å². The van der Waals surface area contributed by atoms with Gasteiger partial charge >= 0.3 is 6.18 Å². The molecular formula is C10H14ClF3N2O. The van der Waals surface area contributed by atoms with Gasteiger partial charge in [-0.2, -0.15) is 13.2 Å². The van der Waals surface area contributed by atoms with Crippen LogP contribution in [0.4, 0.5) is 13.2 Å². The van der Waals surface area contributed by atoms with Crippen molar-refractivity contribution in [2.75, 3.05) is 13.7 Å². The normalized spacial score (nSPS) is 12.8. The summed E-state index contributed by atoms with van der Waals surface area (Å²) >= 11 is 0. The molecule has 0 unspecified atom stereocenters. The molecule has 0 aromatic heterocycles. The van der Waals surface area contributed by atoms with E-state index in [0.717, 1.165) is 12.1 Å². The molecule has 0 spiro atoms. The lowest BCUT2D eigenvalue weighted by Crippen LogP contribution is -2.21. The first kappa shape index (κ1) is 16.0. The molecule has 1 atom stereocenters. The van der Waals surface area contributed by atoms with Crippen molar-refractivity contribution in [2.24, 2.45) is 11.5 Å². The van der Waals surface area contributed by atoms with Crippen molar-refractivity contribution in [1.82, 2.24) is 0 Å². The zero-order chi connectivity index (χ0) is 12.3. The minimum absolute atomic E-state index is 0. The molecule has 1 aromatic rings. The Labute approximate surface area is 103 Å². The molecule has 0 bridgehead atoms. The van der Waals surface area contributed by atoms with Gasteiger partial charge in [0.05, 0.1) is 12.7 Å². The van der Waals surface area contributed by atoms with Crippen molar-refractivity contribution in [3.8, 4) is 5.75 Å². The standard InChI is InChI=1S/C10H13F3N2O.ClH/c1-16-8-3-6(9(15)5-14)2-7(4-8)10(11,12)13;/h2-4,9H,5,14-15H2,1H3;1H/t9-;/m1./s1. The third-order valence-electron chi connectivity index (χ3n) is 2.17.